The van der Waals surface area contributed by atoms with E-state index in [4.69, 9.17) is 14.9 Å². The van der Waals surface area contributed by atoms with Gasteiger partial charge in [0.2, 0.25) is 0 Å². The highest BCUT2D eigenvalue weighted by Gasteiger charge is 2.11. The number of aliphatic hydroxyl groups excluding tert-OH is 3. The number of nitrogens with zero attached hydrogens (tertiary/aromatic N) is 1. The van der Waals surface area contributed by atoms with E-state index in [1.54, 1.807) is 0 Å². The molecule has 0 saturated carbocycles. The van der Waals surface area contributed by atoms with Gasteiger partial charge in [-0.3, -0.25) is 4.90 Å². The summed E-state index contributed by atoms with van der Waals surface area (Å²) >= 11 is 0. The fraction of sp³-hybridized carbons (Fsp3) is 0.600. The first-order chi connectivity index (χ1) is 9.71. The second kappa shape index (κ2) is 9.72. The lowest BCUT2D eigenvalue weighted by Crippen LogP contribution is -2.31. The summed E-state index contributed by atoms with van der Waals surface area (Å²) in [7, 11) is 0. The molecule has 0 aliphatic carbocycles. The molecular formula is C15H25NO4. The van der Waals surface area contributed by atoms with Gasteiger partial charge in [-0.1, -0.05) is 12.1 Å². The molecule has 0 aliphatic heterocycles. The van der Waals surface area contributed by atoms with Crippen molar-refractivity contribution in [2.24, 2.45) is 0 Å². The molecule has 0 fully saturated rings. The second-order valence-corrected chi connectivity index (χ2v) is 4.60. The van der Waals surface area contributed by atoms with E-state index in [1.807, 2.05) is 36.1 Å². The highest BCUT2D eigenvalue weighted by Crippen LogP contribution is 2.20. The van der Waals surface area contributed by atoms with Crippen LogP contribution in [0, 0.1) is 0 Å². The fourth-order valence-corrected chi connectivity index (χ4v) is 2.04. The van der Waals surface area contributed by atoms with Gasteiger partial charge in [0.25, 0.3) is 0 Å². The van der Waals surface area contributed by atoms with Crippen LogP contribution in [0.2, 0.25) is 0 Å². The molecule has 1 atom stereocenters. The van der Waals surface area contributed by atoms with Crippen molar-refractivity contribution >= 4 is 0 Å². The molecular weight excluding hydrogens is 258 g/mol. The van der Waals surface area contributed by atoms with E-state index in [0.717, 1.165) is 11.3 Å². The minimum absolute atomic E-state index is 0.0547. The molecule has 0 saturated heterocycles. The van der Waals surface area contributed by atoms with Gasteiger partial charge in [-0.25, -0.2) is 0 Å². The molecule has 1 rings (SSSR count). The lowest BCUT2D eigenvalue weighted by atomic mass is 10.1. The van der Waals surface area contributed by atoms with E-state index in [0.29, 0.717) is 32.7 Å². The standard InChI is InChI=1S/C15H25NO4/c1-2-20-14-5-3-13(4-6-14)15(19)7-8-16(9-11-17)10-12-18/h3-6,15,17-19H,2,7-12H2,1H3. The summed E-state index contributed by atoms with van der Waals surface area (Å²) in [5.74, 6) is 0.797. The minimum Gasteiger partial charge on any atom is -0.494 e. The third kappa shape index (κ3) is 5.88. The van der Waals surface area contributed by atoms with Crippen LogP contribution >= 0.6 is 0 Å². The van der Waals surface area contributed by atoms with Crippen molar-refractivity contribution in [2.75, 3.05) is 39.5 Å². The number of hydrogen-bond donors (Lipinski definition) is 3. The van der Waals surface area contributed by atoms with Crippen molar-refractivity contribution in [3.8, 4) is 5.75 Å². The van der Waals surface area contributed by atoms with Crippen LogP contribution in [-0.2, 0) is 0 Å². The molecule has 3 N–H and O–H groups in total. The van der Waals surface area contributed by atoms with Gasteiger partial charge in [0, 0.05) is 19.6 Å². The van der Waals surface area contributed by atoms with Gasteiger partial charge in [-0.2, -0.15) is 0 Å². The largest absolute Gasteiger partial charge is 0.494 e. The average molecular weight is 283 g/mol. The Kier molecular flexibility index (Phi) is 8.22. The topological polar surface area (TPSA) is 73.2 Å². The Morgan fingerprint density at radius 3 is 2.15 bits per heavy atom. The Morgan fingerprint density at radius 2 is 1.65 bits per heavy atom. The van der Waals surface area contributed by atoms with Gasteiger partial charge < -0.3 is 20.1 Å². The monoisotopic (exact) mass is 283 g/mol. The predicted molar refractivity (Wildman–Crippen MR) is 77.8 cm³/mol. The molecule has 0 aliphatic rings. The number of ether oxygens (including phenoxy) is 1. The Bertz CT molecular complexity index is 349. The average Bonchev–Trinajstić information content (AvgIpc) is 2.46. The number of benzene rings is 1. The molecule has 0 aromatic heterocycles. The Balaban J connectivity index is 2.46. The van der Waals surface area contributed by atoms with Crippen molar-refractivity contribution in [3.05, 3.63) is 29.8 Å². The van der Waals surface area contributed by atoms with Crippen molar-refractivity contribution in [3.63, 3.8) is 0 Å². The molecule has 1 aromatic rings. The summed E-state index contributed by atoms with van der Waals surface area (Å²) in [6, 6.07) is 7.42. The van der Waals surface area contributed by atoms with Crippen LogP contribution in [0.1, 0.15) is 25.0 Å². The number of hydrogen-bond acceptors (Lipinski definition) is 5. The molecule has 0 spiro atoms. The van der Waals surface area contributed by atoms with E-state index in [2.05, 4.69) is 0 Å². The lowest BCUT2D eigenvalue weighted by Gasteiger charge is -2.21. The first-order valence-corrected chi connectivity index (χ1v) is 7.06. The van der Waals surface area contributed by atoms with Crippen LogP contribution < -0.4 is 4.74 Å². The van der Waals surface area contributed by atoms with E-state index in [-0.39, 0.29) is 13.2 Å². The van der Waals surface area contributed by atoms with Crippen LogP contribution in [0.15, 0.2) is 24.3 Å². The molecule has 114 valence electrons. The third-order valence-electron chi connectivity index (χ3n) is 3.13. The Hall–Kier alpha value is -1.14. The van der Waals surface area contributed by atoms with E-state index in [9.17, 15) is 5.11 Å². The van der Waals surface area contributed by atoms with Gasteiger partial charge in [-0.05, 0) is 31.0 Å². The second-order valence-electron chi connectivity index (χ2n) is 4.60. The minimum atomic E-state index is -0.550. The Labute approximate surface area is 120 Å². The van der Waals surface area contributed by atoms with Crippen molar-refractivity contribution in [1.29, 1.82) is 0 Å². The summed E-state index contributed by atoms with van der Waals surface area (Å²) in [6.45, 7) is 4.32. The van der Waals surface area contributed by atoms with Gasteiger partial charge in [0.05, 0.1) is 25.9 Å². The zero-order valence-corrected chi connectivity index (χ0v) is 12.0. The van der Waals surface area contributed by atoms with Crippen LogP contribution in [0.4, 0.5) is 0 Å². The van der Waals surface area contributed by atoms with Crippen molar-refractivity contribution in [2.45, 2.75) is 19.4 Å². The molecule has 0 bridgehead atoms. The summed E-state index contributed by atoms with van der Waals surface area (Å²) in [6.07, 6.45) is 0.0131. The summed E-state index contributed by atoms with van der Waals surface area (Å²) in [5.41, 5.74) is 0.849. The summed E-state index contributed by atoms with van der Waals surface area (Å²) in [5, 5.41) is 28.0. The molecule has 0 radical (unpaired) electrons. The van der Waals surface area contributed by atoms with Crippen LogP contribution in [0.3, 0.4) is 0 Å². The maximum Gasteiger partial charge on any atom is 0.119 e. The van der Waals surface area contributed by atoms with Crippen molar-refractivity contribution in [1.82, 2.24) is 4.90 Å². The highest BCUT2D eigenvalue weighted by atomic mass is 16.5. The van der Waals surface area contributed by atoms with Gasteiger partial charge in [0.1, 0.15) is 5.75 Å². The van der Waals surface area contributed by atoms with Crippen LogP contribution in [0.5, 0.6) is 5.75 Å². The first-order valence-electron chi connectivity index (χ1n) is 7.06. The predicted octanol–water partition coefficient (Wildman–Crippen LogP) is 0.795. The fourth-order valence-electron chi connectivity index (χ4n) is 2.04. The maximum atomic E-state index is 10.1. The molecule has 1 aromatic carbocycles. The molecule has 1 unspecified atom stereocenters. The van der Waals surface area contributed by atoms with Gasteiger partial charge in [-0.15, -0.1) is 0 Å². The number of aliphatic hydroxyl groups is 3. The zero-order chi connectivity index (χ0) is 14.8. The molecule has 20 heavy (non-hydrogen) atoms. The maximum absolute atomic E-state index is 10.1. The zero-order valence-electron chi connectivity index (χ0n) is 12.0. The van der Waals surface area contributed by atoms with Gasteiger partial charge >= 0.3 is 0 Å². The molecule has 0 heterocycles. The summed E-state index contributed by atoms with van der Waals surface area (Å²) in [4.78, 5) is 1.93. The normalized spacial score (nSPS) is 12.7. The first kappa shape index (κ1) is 16.9. The van der Waals surface area contributed by atoms with E-state index < -0.39 is 6.10 Å². The third-order valence-corrected chi connectivity index (χ3v) is 3.13. The highest BCUT2D eigenvalue weighted by molar-refractivity contribution is 5.28. The van der Waals surface area contributed by atoms with E-state index in [1.165, 1.54) is 0 Å². The number of rotatable bonds is 10. The molecule has 0 amide bonds. The van der Waals surface area contributed by atoms with E-state index >= 15 is 0 Å². The van der Waals surface area contributed by atoms with Crippen molar-refractivity contribution < 1.29 is 20.1 Å². The Morgan fingerprint density at radius 1 is 1.05 bits per heavy atom. The smallest absolute Gasteiger partial charge is 0.119 e. The lowest BCUT2D eigenvalue weighted by molar-refractivity contribution is 0.118. The molecule has 5 heteroatoms. The van der Waals surface area contributed by atoms with Gasteiger partial charge in [0.15, 0.2) is 0 Å². The van der Waals surface area contributed by atoms with Crippen LogP contribution in [0.25, 0.3) is 0 Å². The SMILES string of the molecule is CCOc1ccc(C(O)CCN(CCO)CCO)cc1. The molecule has 5 nitrogen and oxygen atoms in total. The van der Waals surface area contributed by atoms with Crippen LogP contribution in [-0.4, -0.2) is 59.7 Å². The summed E-state index contributed by atoms with van der Waals surface area (Å²) < 4.78 is 5.36. The quantitative estimate of drug-likeness (QED) is 0.592.